The molecule has 0 unspecified atom stereocenters. The van der Waals surface area contributed by atoms with Crippen LogP contribution in [0.3, 0.4) is 0 Å². The van der Waals surface area contributed by atoms with E-state index in [9.17, 15) is 18.8 Å². The van der Waals surface area contributed by atoms with E-state index < -0.39 is 29.4 Å². The highest BCUT2D eigenvalue weighted by Gasteiger charge is 2.58. The maximum atomic E-state index is 14.5. The van der Waals surface area contributed by atoms with Crippen molar-refractivity contribution in [3.05, 3.63) is 35.9 Å². The number of hydrogen-bond acceptors (Lipinski definition) is 5. The van der Waals surface area contributed by atoms with Crippen LogP contribution in [0.2, 0.25) is 0 Å². The zero-order chi connectivity index (χ0) is 27.0. The van der Waals surface area contributed by atoms with Gasteiger partial charge in [0.1, 0.15) is 24.4 Å². The number of rotatable bonds is 5. The van der Waals surface area contributed by atoms with Gasteiger partial charge in [-0.05, 0) is 51.5 Å². The van der Waals surface area contributed by atoms with E-state index in [1.54, 1.807) is 30.6 Å². The third-order valence-corrected chi connectivity index (χ3v) is 7.31. The number of alkyl halides is 1. The minimum absolute atomic E-state index is 0.0429. The summed E-state index contributed by atoms with van der Waals surface area (Å²) in [5, 5.41) is 0. The molecule has 2 heterocycles. The van der Waals surface area contributed by atoms with Crippen molar-refractivity contribution in [1.82, 2.24) is 14.7 Å². The quantitative estimate of drug-likeness (QED) is 0.563. The molecule has 3 fully saturated rings. The van der Waals surface area contributed by atoms with Gasteiger partial charge in [0.2, 0.25) is 5.91 Å². The molecule has 204 valence electrons. The highest BCUT2D eigenvalue weighted by Crippen LogP contribution is 2.47. The summed E-state index contributed by atoms with van der Waals surface area (Å²) in [6, 6.07) is 8.38. The van der Waals surface area contributed by atoms with E-state index in [4.69, 9.17) is 9.47 Å². The number of likely N-dealkylation sites (tertiary alicyclic amines) is 1. The Balaban J connectivity index is 1.50. The molecule has 37 heavy (non-hydrogen) atoms. The number of benzene rings is 1. The third kappa shape index (κ3) is 6.36. The molecule has 3 atom stereocenters. The van der Waals surface area contributed by atoms with Crippen molar-refractivity contribution in [1.29, 1.82) is 0 Å². The van der Waals surface area contributed by atoms with Gasteiger partial charge in [-0.3, -0.25) is 14.6 Å². The van der Waals surface area contributed by atoms with Gasteiger partial charge in [-0.1, -0.05) is 44.2 Å². The lowest BCUT2D eigenvalue weighted by Gasteiger charge is -2.48. The third-order valence-electron chi connectivity index (χ3n) is 7.31. The van der Waals surface area contributed by atoms with Crippen LogP contribution in [0.5, 0.6) is 0 Å². The second-order valence-corrected chi connectivity index (χ2v) is 12.1. The van der Waals surface area contributed by atoms with Gasteiger partial charge in [0, 0.05) is 25.6 Å². The first kappa shape index (κ1) is 27.2. The molecule has 0 N–H and O–H groups in total. The van der Waals surface area contributed by atoms with Gasteiger partial charge < -0.3 is 14.4 Å². The molecule has 1 spiro atoms. The molecule has 0 bridgehead atoms. The van der Waals surface area contributed by atoms with Crippen LogP contribution in [-0.4, -0.2) is 81.8 Å². The summed E-state index contributed by atoms with van der Waals surface area (Å²) in [5.74, 6) is 0.00967. The second kappa shape index (κ2) is 10.5. The maximum absolute atomic E-state index is 14.5. The molecule has 1 aliphatic carbocycles. The first-order valence-corrected chi connectivity index (χ1v) is 13.3. The van der Waals surface area contributed by atoms with Crippen molar-refractivity contribution in [3.8, 4) is 0 Å². The minimum Gasteiger partial charge on any atom is -0.445 e. The van der Waals surface area contributed by atoms with Crippen LogP contribution in [-0.2, 0) is 20.9 Å². The van der Waals surface area contributed by atoms with Gasteiger partial charge in [-0.15, -0.1) is 0 Å². The van der Waals surface area contributed by atoms with Crippen LogP contribution < -0.4 is 0 Å². The van der Waals surface area contributed by atoms with Gasteiger partial charge in [0.05, 0.1) is 12.1 Å². The van der Waals surface area contributed by atoms with Gasteiger partial charge in [0.15, 0.2) is 0 Å². The van der Waals surface area contributed by atoms with Gasteiger partial charge in [-0.2, -0.15) is 0 Å². The zero-order valence-electron chi connectivity index (χ0n) is 22.6. The highest BCUT2D eigenvalue weighted by molar-refractivity contribution is 5.87. The highest BCUT2D eigenvalue weighted by atomic mass is 19.1. The van der Waals surface area contributed by atoms with Crippen molar-refractivity contribution < 1.29 is 28.2 Å². The molecule has 0 radical (unpaired) electrons. The van der Waals surface area contributed by atoms with Crippen LogP contribution in [0.15, 0.2) is 30.3 Å². The Morgan fingerprint density at radius 2 is 1.73 bits per heavy atom. The summed E-state index contributed by atoms with van der Waals surface area (Å²) < 4.78 is 25.7. The van der Waals surface area contributed by atoms with Crippen LogP contribution in [0, 0.1) is 5.92 Å². The molecule has 1 aromatic rings. The molecular formula is C28H40FN3O5. The molecule has 1 aromatic carbocycles. The van der Waals surface area contributed by atoms with Crippen LogP contribution in [0.25, 0.3) is 0 Å². The molecule has 3 amide bonds. The summed E-state index contributed by atoms with van der Waals surface area (Å²) in [6.45, 7) is 10.1. The molecule has 2 saturated heterocycles. The summed E-state index contributed by atoms with van der Waals surface area (Å²) in [4.78, 5) is 44.8. The number of carbonyl (C=O) groups is 3. The second-order valence-electron chi connectivity index (χ2n) is 12.1. The lowest BCUT2D eigenvalue weighted by atomic mass is 9.95. The van der Waals surface area contributed by atoms with Crippen LogP contribution in [0.1, 0.15) is 65.9 Å². The first-order chi connectivity index (χ1) is 17.4. The predicted molar refractivity (Wildman–Crippen MR) is 136 cm³/mol. The average Bonchev–Trinajstić information content (AvgIpc) is 3.47. The number of amides is 3. The summed E-state index contributed by atoms with van der Waals surface area (Å²) in [6.07, 6.45) is -0.135. The molecule has 3 aliphatic rings. The van der Waals surface area contributed by atoms with E-state index in [2.05, 4.69) is 13.8 Å². The maximum Gasteiger partial charge on any atom is 0.411 e. The topological polar surface area (TPSA) is 79.4 Å². The van der Waals surface area contributed by atoms with Gasteiger partial charge in [0.25, 0.3) is 0 Å². The van der Waals surface area contributed by atoms with Gasteiger partial charge in [-0.25, -0.2) is 14.0 Å². The smallest absolute Gasteiger partial charge is 0.411 e. The Labute approximate surface area is 219 Å². The van der Waals surface area contributed by atoms with Crippen molar-refractivity contribution in [2.24, 2.45) is 5.92 Å². The normalized spacial score (nSPS) is 24.9. The molecule has 0 aromatic heterocycles. The lowest BCUT2D eigenvalue weighted by Crippen LogP contribution is -2.65. The SMILES string of the molecule is CC(C)C[C@@H]1CN(C(=O)OCc2ccccc2)C2(CC2)CN1C(=O)[C@@H]1C[C@@H](F)CN1C(=O)OC(C)(C)C. The minimum atomic E-state index is -1.28. The molecular weight excluding hydrogens is 477 g/mol. The Morgan fingerprint density at radius 3 is 2.32 bits per heavy atom. The molecule has 1 saturated carbocycles. The average molecular weight is 518 g/mol. The summed E-state index contributed by atoms with van der Waals surface area (Å²) >= 11 is 0. The van der Waals surface area contributed by atoms with E-state index in [1.807, 2.05) is 30.3 Å². The number of halogens is 1. The van der Waals surface area contributed by atoms with Crippen molar-refractivity contribution in [2.45, 2.75) is 96.3 Å². The Hall–Kier alpha value is -2.84. The predicted octanol–water partition coefficient (Wildman–Crippen LogP) is 4.76. The Morgan fingerprint density at radius 1 is 1.05 bits per heavy atom. The van der Waals surface area contributed by atoms with E-state index in [0.29, 0.717) is 19.5 Å². The fourth-order valence-corrected chi connectivity index (χ4v) is 5.41. The lowest BCUT2D eigenvalue weighted by molar-refractivity contribution is -0.143. The molecule has 8 nitrogen and oxygen atoms in total. The first-order valence-electron chi connectivity index (χ1n) is 13.3. The van der Waals surface area contributed by atoms with Crippen molar-refractivity contribution in [3.63, 3.8) is 0 Å². The molecule has 9 heteroatoms. The number of piperazine rings is 1. The van der Waals surface area contributed by atoms with E-state index in [1.165, 1.54) is 4.90 Å². The van der Waals surface area contributed by atoms with Crippen LogP contribution >= 0.6 is 0 Å². The van der Waals surface area contributed by atoms with Gasteiger partial charge >= 0.3 is 12.2 Å². The van der Waals surface area contributed by atoms with Crippen molar-refractivity contribution >= 4 is 18.1 Å². The summed E-state index contributed by atoms with van der Waals surface area (Å²) in [5.41, 5.74) is -0.303. The van der Waals surface area contributed by atoms with Crippen molar-refractivity contribution in [2.75, 3.05) is 19.6 Å². The number of nitrogens with zero attached hydrogens (tertiary/aromatic N) is 3. The van der Waals surface area contributed by atoms with E-state index in [-0.39, 0.29) is 43.5 Å². The van der Waals surface area contributed by atoms with E-state index >= 15 is 0 Å². The fourth-order valence-electron chi connectivity index (χ4n) is 5.41. The fraction of sp³-hybridized carbons (Fsp3) is 0.679. The summed E-state index contributed by atoms with van der Waals surface area (Å²) in [7, 11) is 0. The van der Waals surface area contributed by atoms with E-state index in [0.717, 1.165) is 18.4 Å². The molecule has 2 aliphatic heterocycles. The number of ether oxygens (including phenoxy) is 2. The largest absolute Gasteiger partial charge is 0.445 e. The Kier molecular flexibility index (Phi) is 7.72. The number of hydrogen-bond donors (Lipinski definition) is 0. The molecule has 4 rings (SSSR count). The standard InChI is InChI=1S/C28H40FN3O5/c1-19(2)13-22-16-32(26(35)36-17-20-9-7-6-8-10-20)28(11-12-28)18-31(22)24(33)23-14-21(29)15-30(23)25(34)37-27(3,4)5/h6-10,19,21-23H,11-18H2,1-5H3/t21-,22-,23+/m1/s1. The van der Waals surface area contributed by atoms with Crippen LogP contribution in [0.4, 0.5) is 14.0 Å². The monoisotopic (exact) mass is 517 g/mol. The zero-order valence-corrected chi connectivity index (χ0v) is 22.6. The number of carbonyl (C=O) groups excluding carboxylic acids is 3. The Bertz CT molecular complexity index is 991.